The van der Waals surface area contributed by atoms with Gasteiger partial charge in [-0.2, -0.15) is 0 Å². The minimum absolute atomic E-state index is 0.0718. The lowest BCUT2D eigenvalue weighted by molar-refractivity contribution is 0.481. The zero-order valence-electron chi connectivity index (χ0n) is 5.10. The summed E-state index contributed by atoms with van der Waals surface area (Å²) in [5.74, 6) is 0.722. The van der Waals surface area contributed by atoms with Crippen LogP contribution in [0.15, 0.2) is 16.5 Å². The van der Waals surface area contributed by atoms with E-state index >= 15 is 0 Å². The maximum atomic E-state index is 5.48. The molecule has 0 aliphatic heterocycles. The van der Waals surface area contributed by atoms with Gasteiger partial charge in [0, 0.05) is 0 Å². The minimum atomic E-state index is -0.0718. The third kappa shape index (κ3) is 1.47. The third-order valence-corrected chi connectivity index (χ3v) is 1.25. The summed E-state index contributed by atoms with van der Waals surface area (Å²) in [6.45, 7) is 1.84. The third-order valence-electron chi connectivity index (χ3n) is 1.04. The molecule has 1 aromatic rings. The molecule has 50 valence electrons. The molecule has 9 heavy (non-hydrogen) atoms. The van der Waals surface area contributed by atoms with Crippen LogP contribution in [0, 0.1) is 0 Å². The Morgan fingerprint density at radius 1 is 1.67 bits per heavy atom. The van der Waals surface area contributed by atoms with Crippen molar-refractivity contribution in [3.8, 4) is 0 Å². The standard InChI is InChI=1S/C6H8ClNO/c1-4(8)5-2-3-6(7)9-5/h2-4H,8H2,1H3. The molecule has 3 heteroatoms. The summed E-state index contributed by atoms with van der Waals surface area (Å²) < 4.78 is 4.99. The molecule has 2 N–H and O–H groups in total. The fraction of sp³-hybridized carbons (Fsp3) is 0.333. The Kier molecular flexibility index (Phi) is 1.78. The van der Waals surface area contributed by atoms with Gasteiger partial charge in [-0.25, -0.2) is 0 Å². The molecule has 0 amide bonds. The van der Waals surface area contributed by atoms with E-state index in [4.69, 9.17) is 21.8 Å². The van der Waals surface area contributed by atoms with Crippen molar-refractivity contribution < 1.29 is 4.42 Å². The van der Waals surface area contributed by atoms with Gasteiger partial charge in [0.05, 0.1) is 6.04 Å². The number of halogens is 1. The second-order valence-corrected chi connectivity index (χ2v) is 2.30. The predicted molar refractivity (Wildman–Crippen MR) is 36.3 cm³/mol. The molecule has 0 spiro atoms. The summed E-state index contributed by atoms with van der Waals surface area (Å²) in [6, 6.07) is 3.38. The van der Waals surface area contributed by atoms with Gasteiger partial charge in [0.25, 0.3) is 0 Å². The molecule has 0 bridgehead atoms. The van der Waals surface area contributed by atoms with Crippen molar-refractivity contribution >= 4 is 11.6 Å². The van der Waals surface area contributed by atoms with E-state index in [1.54, 1.807) is 12.1 Å². The van der Waals surface area contributed by atoms with Crippen molar-refractivity contribution in [1.82, 2.24) is 0 Å². The van der Waals surface area contributed by atoms with Crippen LogP contribution in [0.2, 0.25) is 5.22 Å². The molecule has 0 saturated heterocycles. The first-order chi connectivity index (χ1) is 4.20. The minimum Gasteiger partial charge on any atom is -0.448 e. The van der Waals surface area contributed by atoms with Gasteiger partial charge in [0.15, 0.2) is 5.22 Å². The van der Waals surface area contributed by atoms with Gasteiger partial charge in [0.2, 0.25) is 0 Å². The highest BCUT2D eigenvalue weighted by Gasteiger charge is 2.02. The fourth-order valence-electron chi connectivity index (χ4n) is 0.573. The second kappa shape index (κ2) is 2.42. The number of rotatable bonds is 1. The molecule has 1 rings (SSSR count). The summed E-state index contributed by atoms with van der Waals surface area (Å²) in [7, 11) is 0. The van der Waals surface area contributed by atoms with Crippen LogP contribution >= 0.6 is 11.6 Å². The van der Waals surface area contributed by atoms with Gasteiger partial charge in [-0.3, -0.25) is 0 Å². The van der Waals surface area contributed by atoms with Crippen LogP contribution in [0.1, 0.15) is 18.7 Å². The number of hydrogen-bond acceptors (Lipinski definition) is 2. The van der Waals surface area contributed by atoms with E-state index < -0.39 is 0 Å². The van der Waals surface area contributed by atoms with E-state index in [-0.39, 0.29) is 6.04 Å². The normalized spacial score (nSPS) is 13.7. The smallest absolute Gasteiger partial charge is 0.193 e. The first kappa shape index (κ1) is 6.65. The lowest BCUT2D eigenvalue weighted by Gasteiger charge is -1.96. The molecular weight excluding hydrogens is 138 g/mol. The summed E-state index contributed by atoms with van der Waals surface area (Å²) in [6.07, 6.45) is 0. The van der Waals surface area contributed by atoms with Crippen molar-refractivity contribution in [2.24, 2.45) is 5.73 Å². The molecule has 1 heterocycles. The van der Waals surface area contributed by atoms with Gasteiger partial charge in [-0.05, 0) is 30.7 Å². The monoisotopic (exact) mass is 145 g/mol. The van der Waals surface area contributed by atoms with Crippen LogP contribution in [0.3, 0.4) is 0 Å². The summed E-state index contributed by atoms with van der Waals surface area (Å²) >= 11 is 5.48. The Hall–Kier alpha value is -0.470. The highest BCUT2D eigenvalue weighted by Crippen LogP contribution is 2.17. The Morgan fingerprint density at radius 2 is 2.33 bits per heavy atom. The molecule has 1 aromatic heterocycles. The van der Waals surface area contributed by atoms with Crippen molar-refractivity contribution in [3.63, 3.8) is 0 Å². The van der Waals surface area contributed by atoms with E-state index in [0.29, 0.717) is 5.22 Å². The van der Waals surface area contributed by atoms with Crippen LogP contribution in [-0.4, -0.2) is 0 Å². The predicted octanol–water partition coefficient (Wildman–Crippen LogP) is 1.95. The Labute approximate surface area is 58.6 Å². The summed E-state index contributed by atoms with van der Waals surface area (Å²) in [5, 5.41) is 0.391. The maximum absolute atomic E-state index is 5.48. The SMILES string of the molecule is CC(N)c1ccc(Cl)o1. The van der Waals surface area contributed by atoms with Crippen LogP contribution in [0.4, 0.5) is 0 Å². The highest BCUT2D eigenvalue weighted by molar-refractivity contribution is 6.28. The van der Waals surface area contributed by atoms with E-state index in [1.807, 2.05) is 6.92 Å². The Bertz CT molecular complexity index is 195. The van der Waals surface area contributed by atoms with Crippen LogP contribution in [0.5, 0.6) is 0 Å². The zero-order chi connectivity index (χ0) is 6.85. The zero-order valence-corrected chi connectivity index (χ0v) is 5.85. The van der Waals surface area contributed by atoms with Gasteiger partial charge in [-0.1, -0.05) is 0 Å². The second-order valence-electron chi connectivity index (χ2n) is 1.93. The van der Waals surface area contributed by atoms with E-state index in [0.717, 1.165) is 5.76 Å². The molecule has 0 fully saturated rings. The van der Waals surface area contributed by atoms with Gasteiger partial charge >= 0.3 is 0 Å². The Morgan fingerprint density at radius 3 is 2.56 bits per heavy atom. The quantitative estimate of drug-likeness (QED) is 0.656. The number of hydrogen-bond donors (Lipinski definition) is 1. The van der Waals surface area contributed by atoms with E-state index in [9.17, 15) is 0 Å². The molecule has 1 atom stereocenters. The summed E-state index contributed by atoms with van der Waals surface area (Å²) in [4.78, 5) is 0. The topological polar surface area (TPSA) is 39.2 Å². The van der Waals surface area contributed by atoms with Gasteiger partial charge < -0.3 is 10.2 Å². The molecule has 0 radical (unpaired) electrons. The maximum Gasteiger partial charge on any atom is 0.193 e. The van der Waals surface area contributed by atoms with Crippen molar-refractivity contribution in [2.45, 2.75) is 13.0 Å². The Balaban J connectivity index is 2.85. The molecule has 0 aromatic carbocycles. The average molecular weight is 146 g/mol. The molecule has 0 aliphatic rings. The molecule has 1 unspecified atom stereocenters. The van der Waals surface area contributed by atoms with Crippen molar-refractivity contribution in [1.29, 1.82) is 0 Å². The highest BCUT2D eigenvalue weighted by atomic mass is 35.5. The van der Waals surface area contributed by atoms with Gasteiger partial charge in [0.1, 0.15) is 5.76 Å². The number of furan rings is 1. The van der Waals surface area contributed by atoms with E-state index in [1.165, 1.54) is 0 Å². The summed E-state index contributed by atoms with van der Waals surface area (Å²) in [5.41, 5.74) is 5.47. The largest absolute Gasteiger partial charge is 0.448 e. The number of nitrogens with two attached hydrogens (primary N) is 1. The first-order valence-corrected chi connectivity index (χ1v) is 3.09. The first-order valence-electron chi connectivity index (χ1n) is 2.71. The van der Waals surface area contributed by atoms with Crippen LogP contribution < -0.4 is 5.73 Å². The molecule has 0 aliphatic carbocycles. The van der Waals surface area contributed by atoms with E-state index in [2.05, 4.69) is 0 Å². The van der Waals surface area contributed by atoms with Crippen molar-refractivity contribution in [3.05, 3.63) is 23.1 Å². The average Bonchev–Trinajstić information content (AvgIpc) is 2.14. The molecule has 2 nitrogen and oxygen atoms in total. The van der Waals surface area contributed by atoms with Gasteiger partial charge in [-0.15, -0.1) is 0 Å². The lowest BCUT2D eigenvalue weighted by atomic mass is 10.3. The van der Waals surface area contributed by atoms with Crippen LogP contribution in [-0.2, 0) is 0 Å². The van der Waals surface area contributed by atoms with Crippen molar-refractivity contribution in [2.75, 3.05) is 0 Å². The lowest BCUT2D eigenvalue weighted by Crippen LogP contribution is -2.02. The van der Waals surface area contributed by atoms with Crippen LogP contribution in [0.25, 0.3) is 0 Å². The molecular formula is C6H8ClNO. The molecule has 0 saturated carbocycles. The fourth-order valence-corrected chi connectivity index (χ4v) is 0.725.